The molecule has 8 nitrogen and oxygen atoms in total. The molecule has 0 saturated heterocycles. The van der Waals surface area contributed by atoms with Gasteiger partial charge in [0.1, 0.15) is 0 Å². The Kier molecular flexibility index (Phi) is 4.47. The van der Waals surface area contributed by atoms with Crippen LogP contribution in [0.4, 0.5) is 0 Å². The molecule has 4 rings (SSSR count). The SMILES string of the molecule is C[C@@]12CC[C@@H]3[C@H](CC[C@@]4(O)C[C@H](O)CC[C@]34C(=O)O)[C@@]1(O)CC[C@H]2C(=O)C(=O)O. The summed E-state index contributed by atoms with van der Waals surface area (Å²) in [6, 6.07) is 0. The van der Waals surface area contributed by atoms with Gasteiger partial charge in [0.25, 0.3) is 0 Å². The highest BCUT2D eigenvalue weighted by molar-refractivity contribution is 6.33. The maximum atomic E-state index is 12.6. The summed E-state index contributed by atoms with van der Waals surface area (Å²) in [5.74, 6) is -5.18. The van der Waals surface area contributed by atoms with Crippen molar-refractivity contribution in [3.8, 4) is 0 Å². The number of aliphatic hydroxyl groups excluding tert-OH is 1. The van der Waals surface area contributed by atoms with Crippen LogP contribution in [0.15, 0.2) is 0 Å². The van der Waals surface area contributed by atoms with Crippen LogP contribution < -0.4 is 0 Å². The first-order chi connectivity index (χ1) is 13.4. The van der Waals surface area contributed by atoms with Gasteiger partial charge in [0.15, 0.2) is 0 Å². The first-order valence-electron chi connectivity index (χ1n) is 10.6. The van der Waals surface area contributed by atoms with Crippen molar-refractivity contribution in [3.05, 3.63) is 0 Å². The third-order valence-electron chi connectivity index (χ3n) is 9.33. The number of hydrogen-bond acceptors (Lipinski definition) is 6. The zero-order valence-corrected chi connectivity index (χ0v) is 16.6. The van der Waals surface area contributed by atoms with E-state index in [2.05, 4.69) is 0 Å². The normalized spacial score (nSPS) is 51.4. The lowest BCUT2D eigenvalue weighted by atomic mass is 9.41. The quantitative estimate of drug-likeness (QED) is 0.431. The van der Waals surface area contributed by atoms with Gasteiger partial charge in [0, 0.05) is 17.8 Å². The van der Waals surface area contributed by atoms with E-state index in [4.69, 9.17) is 0 Å². The molecule has 0 amide bonds. The second-order valence-electron chi connectivity index (χ2n) is 10.1. The summed E-state index contributed by atoms with van der Waals surface area (Å²) in [5, 5.41) is 52.8. The Hall–Kier alpha value is -1.51. The Labute approximate surface area is 168 Å². The molecule has 162 valence electrons. The number of carbonyl (C=O) groups excluding carboxylic acids is 1. The maximum Gasteiger partial charge on any atom is 0.372 e. The minimum Gasteiger partial charge on any atom is -0.481 e. The summed E-state index contributed by atoms with van der Waals surface area (Å²) in [6.07, 6.45) is 1.51. The lowest BCUT2D eigenvalue weighted by molar-refractivity contribution is -0.260. The molecule has 8 heteroatoms. The van der Waals surface area contributed by atoms with E-state index in [9.17, 15) is 39.9 Å². The largest absolute Gasteiger partial charge is 0.481 e. The van der Waals surface area contributed by atoms with Gasteiger partial charge in [-0.1, -0.05) is 6.92 Å². The second-order valence-corrected chi connectivity index (χ2v) is 10.1. The number of carboxylic acid groups (broad SMARTS) is 2. The molecule has 0 radical (unpaired) electrons. The molecule has 29 heavy (non-hydrogen) atoms. The highest BCUT2D eigenvalue weighted by Crippen LogP contribution is 2.70. The van der Waals surface area contributed by atoms with Crippen LogP contribution in [0.3, 0.4) is 0 Å². The number of rotatable bonds is 3. The molecule has 0 unspecified atom stereocenters. The van der Waals surface area contributed by atoms with Gasteiger partial charge >= 0.3 is 11.9 Å². The predicted octanol–water partition coefficient (Wildman–Crippen LogP) is 0.954. The van der Waals surface area contributed by atoms with Gasteiger partial charge in [-0.2, -0.15) is 0 Å². The van der Waals surface area contributed by atoms with Gasteiger partial charge in [0.2, 0.25) is 5.78 Å². The fourth-order valence-electron chi connectivity index (χ4n) is 7.87. The summed E-state index contributed by atoms with van der Waals surface area (Å²) in [4.78, 5) is 36.2. The van der Waals surface area contributed by atoms with E-state index in [0.29, 0.717) is 19.3 Å². The zero-order valence-electron chi connectivity index (χ0n) is 16.6. The van der Waals surface area contributed by atoms with Crippen molar-refractivity contribution in [1.29, 1.82) is 0 Å². The Balaban J connectivity index is 1.76. The van der Waals surface area contributed by atoms with E-state index >= 15 is 0 Å². The Bertz CT molecular complexity index is 766. The van der Waals surface area contributed by atoms with Crippen molar-refractivity contribution in [3.63, 3.8) is 0 Å². The topological polar surface area (TPSA) is 152 Å². The third kappa shape index (κ3) is 2.39. The van der Waals surface area contributed by atoms with Crippen molar-refractivity contribution >= 4 is 17.7 Å². The minimum atomic E-state index is -1.53. The van der Waals surface area contributed by atoms with Crippen molar-refractivity contribution in [2.45, 2.75) is 82.0 Å². The van der Waals surface area contributed by atoms with E-state index in [1.165, 1.54) is 0 Å². The summed E-state index contributed by atoms with van der Waals surface area (Å²) in [7, 11) is 0. The number of fused-ring (bicyclic) bond motifs is 5. The van der Waals surface area contributed by atoms with Crippen LogP contribution in [-0.2, 0) is 14.4 Å². The Morgan fingerprint density at radius 2 is 1.52 bits per heavy atom. The second kappa shape index (κ2) is 6.25. The number of aliphatic carboxylic acids is 2. The fourth-order valence-corrected chi connectivity index (χ4v) is 7.87. The van der Waals surface area contributed by atoms with Crippen molar-refractivity contribution in [1.82, 2.24) is 0 Å². The molecule has 0 spiro atoms. The van der Waals surface area contributed by atoms with E-state index in [0.717, 1.165) is 0 Å². The molecule has 4 fully saturated rings. The van der Waals surface area contributed by atoms with Gasteiger partial charge in [-0.3, -0.25) is 9.59 Å². The number of Topliss-reactive ketones (excluding diaryl/α,β-unsaturated/α-hetero) is 1. The maximum absolute atomic E-state index is 12.6. The minimum absolute atomic E-state index is 0.0122. The summed E-state index contributed by atoms with van der Waals surface area (Å²) >= 11 is 0. The number of hydrogen-bond donors (Lipinski definition) is 5. The standard InChI is InChI=1S/C21H30O8/c1-18-6-3-12-13(21(18,29)9-5-14(18)15(23)16(24)25)4-7-19(28)10-11(22)2-8-20(12,19)17(26)27/h11-14,22,28-29H,2-10H2,1H3,(H,24,25)(H,26,27)/t11-,12-,13+,14+,18+,19-,20-,21+/m1/s1. The zero-order chi connectivity index (χ0) is 21.4. The van der Waals surface area contributed by atoms with Crippen molar-refractivity contribution < 1.29 is 39.9 Å². The van der Waals surface area contributed by atoms with Gasteiger partial charge in [0.05, 0.1) is 22.7 Å². The molecule has 8 atom stereocenters. The average molecular weight is 410 g/mol. The van der Waals surface area contributed by atoms with Crippen LogP contribution in [0.2, 0.25) is 0 Å². The smallest absolute Gasteiger partial charge is 0.372 e. The number of ketones is 1. The fraction of sp³-hybridized carbons (Fsp3) is 0.857. The van der Waals surface area contributed by atoms with E-state index < -0.39 is 63.6 Å². The summed E-state index contributed by atoms with van der Waals surface area (Å²) < 4.78 is 0. The van der Waals surface area contributed by atoms with Gasteiger partial charge in [-0.05, 0) is 63.2 Å². The molecular weight excluding hydrogens is 380 g/mol. The first kappa shape index (κ1) is 20.8. The van der Waals surface area contributed by atoms with E-state index in [-0.39, 0.29) is 38.5 Å². The monoisotopic (exact) mass is 410 g/mol. The number of carbonyl (C=O) groups is 3. The van der Waals surface area contributed by atoms with Crippen molar-refractivity contribution in [2.24, 2.45) is 28.6 Å². The number of carboxylic acids is 2. The summed E-state index contributed by atoms with van der Waals surface area (Å²) in [6.45, 7) is 1.76. The molecular formula is C21H30O8. The molecule has 5 N–H and O–H groups in total. The third-order valence-corrected chi connectivity index (χ3v) is 9.33. The van der Waals surface area contributed by atoms with Crippen LogP contribution in [0.5, 0.6) is 0 Å². The van der Waals surface area contributed by atoms with Gasteiger partial charge in [-0.15, -0.1) is 0 Å². The van der Waals surface area contributed by atoms with Crippen LogP contribution in [0, 0.1) is 28.6 Å². The van der Waals surface area contributed by atoms with Crippen molar-refractivity contribution in [2.75, 3.05) is 0 Å². The molecule has 0 aromatic carbocycles. The average Bonchev–Trinajstić information content (AvgIpc) is 2.91. The molecule has 4 aliphatic carbocycles. The molecule has 0 bridgehead atoms. The van der Waals surface area contributed by atoms with E-state index in [1.807, 2.05) is 0 Å². The molecule has 0 aliphatic heterocycles. The van der Waals surface area contributed by atoms with Crippen LogP contribution in [-0.4, -0.2) is 60.6 Å². The molecule has 4 aliphatic rings. The Morgan fingerprint density at radius 3 is 2.14 bits per heavy atom. The highest BCUT2D eigenvalue weighted by atomic mass is 16.4. The van der Waals surface area contributed by atoms with Gasteiger partial charge in [-0.25, -0.2) is 4.79 Å². The lowest BCUT2D eigenvalue weighted by Gasteiger charge is -2.64. The van der Waals surface area contributed by atoms with Gasteiger partial charge < -0.3 is 25.5 Å². The molecule has 0 aromatic heterocycles. The summed E-state index contributed by atoms with van der Waals surface area (Å²) in [5.41, 5.74) is -5.24. The molecule has 0 heterocycles. The van der Waals surface area contributed by atoms with E-state index in [1.54, 1.807) is 6.92 Å². The first-order valence-corrected chi connectivity index (χ1v) is 10.6. The lowest BCUT2D eigenvalue weighted by Crippen LogP contribution is -2.70. The highest BCUT2D eigenvalue weighted by Gasteiger charge is 2.74. The predicted molar refractivity (Wildman–Crippen MR) is 98.7 cm³/mol. The van der Waals surface area contributed by atoms with Crippen LogP contribution >= 0.6 is 0 Å². The Morgan fingerprint density at radius 1 is 0.862 bits per heavy atom. The molecule has 0 aromatic rings. The number of aliphatic hydroxyl groups is 3. The molecule has 4 saturated carbocycles. The van der Waals surface area contributed by atoms with Crippen LogP contribution in [0.25, 0.3) is 0 Å². The van der Waals surface area contributed by atoms with Crippen LogP contribution in [0.1, 0.15) is 64.7 Å².